The predicted molar refractivity (Wildman–Crippen MR) is 68.3 cm³/mol. The average Bonchev–Trinajstić information content (AvgIpc) is 2.23. The number of carbonyl (C=O) groups excluding carboxylic acids is 1. The van der Waals surface area contributed by atoms with Gasteiger partial charge in [0.15, 0.2) is 0 Å². The first kappa shape index (κ1) is 15.4. The van der Waals surface area contributed by atoms with Crippen LogP contribution in [-0.2, 0) is 4.79 Å². The van der Waals surface area contributed by atoms with Gasteiger partial charge in [-0.05, 0) is 32.4 Å². The zero-order valence-electron chi connectivity index (χ0n) is 11.2. The van der Waals surface area contributed by atoms with Gasteiger partial charge in [-0.15, -0.1) is 0 Å². The number of hydrogen-bond donors (Lipinski definition) is 1. The van der Waals surface area contributed by atoms with Crippen molar-refractivity contribution in [3.05, 3.63) is 0 Å². The van der Waals surface area contributed by atoms with Crippen LogP contribution in [0.3, 0.4) is 0 Å². The van der Waals surface area contributed by atoms with Crippen molar-refractivity contribution in [1.29, 1.82) is 0 Å². The number of amides is 1. The maximum Gasteiger partial charge on any atom is 0.236 e. The van der Waals surface area contributed by atoms with E-state index < -0.39 is 0 Å². The van der Waals surface area contributed by atoms with E-state index in [4.69, 9.17) is 5.73 Å². The Balaban J connectivity index is 4.13. The third kappa shape index (κ3) is 6.80. The average molecular weight is 229 g/mol. The zero-order chi connectivity index (χ0) is 12.6. The second-order valence-corrected chi connectivity index (χ2v) is 4.68. The normalized spacial score (nSPS) is 11.2. The molecule has 0 aliphatic rings. The molecule has 16 heavy (non-hydrogen) atoms. The van der Waals surface area contributed by atoms with Crippen LogP contribution in [0.1, 0.15) is 27.2 Å². The Morgan fingerprint density at radius 2 is 2.00 bits per heavy atom. The van der Waals surface area contributed by atoms with E-state index in [9.17, 15) is 4.79 Å². The number of rotatable bonds is 8. The Morgan fingerprint density at radius 1 is 1.38 bits per heavy atom. The molecule has 0 aliphatic carbocycles. The molecule has 0 heterocycles. The van der Waals surface area contributed by atoms with E-state index in [0.29, 0.717) is 19.0 Å². The molecule has 96 valence electrons. The summed E-state index contributed by atoms with van der Waals surface area (Å²) in [5, 5.41) is 0. The largest absolute Gasteiger partial charge is 0.345 e. The van der Waals surface area contributed by atoms with Crippen LogP contribution in [0, 0.1) is 5.92 Å². The van der Waals surface area contributed by atoms with Crippen molar-refractivity contribution in [3.63, 3.8) is 0 Å². The summed E-state index contributed by atoms with van der Waals surface area (Å²) in [7, 11) is 1.85. The highest BCUT2D eigenvalue weighted by Crippen LogP contribution is 2.00. The molecule has 4 nitrogen and oxygen atoms in total. The SMILES string of the molecule is CCN(C)C(=O)CN(CCCN)CC(C)C. The van der Waals surface area contributed by atoms with Crippen LogP contribution < -0.4 is 5.73 Å². The van der Waals surface area contributed by atoms with Crippen LogP contribution in [0.25, 0.3) is 0 Å². The standard InChI is InChI=1S/C12H27N3O/c1-5-14(4)12(16)10-15(8-6-7-13)9-11(2)3/h11H,5-10,13H2,1-4H3. The van der Waals surface area contributed by atoms with E-state index in [1.807, 2.05) is 14.0 Å². The van der Waals surface area contributed by atoms with Crippen LogP contribution in [-0.4, -0.2) is 55.5 Å². The van der Waals surface area contributed by atoms with Crippen LogP contribution in [0.4, 0.5) is 0 Å². The minimum absolute atomic E-state index is 0.195. The highest BCUT2D eigenvalue weighted by atomic mass is 16.2. The fraction of sp³-hybridized carbons (Fsp3) is 0.917. The van der Waals surface area contributed by atoms with Gasteiger partial charge in [-0.1, -0.05) is 13.8 Å². The zero-order valence-corrected chi connectivity index (χ0v) is 11.2. The summed E-state index contributed by atoms with van der Waals surface area (Å²) in [6.45, 7) is 10.2. The first-order valence-corrected chi connectivity index (χ1v) is 6.17. The molecule has 0 spiro atoms. The van der Waals surface area contributed by atoms with E-state index in [1.54, 1.807) is 4.90 Å². The fourth-order valence-electron chi connectivity index (χ4n) is 1.55. The van der Waals surface area contributed by atoms with Gasteiger partial charge in [0.1, 0.15) is 0 Å². The molecule has 0 radical (unpaired) electrons. The number of hydrogen-bond acceptors (Lipinski definition) is 3. The molecule has 0 fully saturated rings. The fourth-order valence-corrected chi connectivity index (χ4v) is 1.55. The molecule has 0 saturated carbocycles. The lowest BCUT2D eigenvalue weighted by Gasteiger charge is -2.25. The molecular formula is C12H27N3O. The number of carbonyl (C=O) groups is 1. The van der Waals surface area contributed by atoms with Gasteiger partial charge in [0, 0.05) is 20.1 Å². The van der Waals surface area contributed by atoms with Crippen molar-refractivity contribution >= 4 is 5.91 Å². The van der Waals surface area contributed by atoms with Crippen LogP contribution >= 0.6 is 0 Å². The molecule has 0 aromatic heterocycles. The molecule has 0 bridgehead atoms. The molecule has 0 atom stereocenters. The smallest absolute Gasteiger partial charge is 0.236 e. The lowest BCUT2D eigenvalue weighted by molar-refractivity contribution is -0.131. The highest BCUT2D eigenvalue weighted by molar-refractivity contribution is 5.77. The Hall–Kier alpha value is -0.610. The quantitative estimate of drug-likeness (QED) is 0.669. The van der Waals surface area contributed by atoms with Gasteiger partial charge in [-0.25, -0.2) is 0 Å². The van der Waals surface area contributed by atoms with E-state index >= 15 is 0 Å². The Kier molecular flexibility index (Phi) is 8.21. The minimum Gasteiger partial charge on any atom is -0.345 e. The Labute approximate surface area is 99.8 Å². The lowest BCUT2D eigenvalue weighted by Crippen LogP contribution is -2.40. The number of nitrogens with zero attached hydrogens (tertiary/aromatic N) is 2. The van der Waals surface area contributed by atoms with E-state index in [0.717, 1.165) is 26.1 Å². The third-order valence-electron chi connectivity index (χ3n) is 2.56. The van der Waals surface area contributed by atoms with Crippen molar-refractivity contribution in [2.24, 2.45) is 11.7 Å². The van der Waals surface area contributed by atoms with Crippen molar-refractivity contribution in [1.82, 2.24) is 9.80 Å². The van der Waals surface area contributed by atoms with Gasteiger partial charge in [-0.3, -0.25) is 9.69 Å². The van der Waals surface area contributed by atoms with Crippen molar-refractivity contribution in [2.45, 2.75) is 27.2 Å². The first-order chi connectivity index (χ1) is 7.51. The van der Waals surface area contributed by atoms with Crippen LogP contribution in [0.2, 0.25) is 0 Å². The first-order valence-electron chi connectivity index (χ1n) is 6.17. The van der Waals surface area contributed by atoms with E-state index in [-0.39, 0.29) is 5.91 Å². The number of likely N-dealkylation sites (N-methyl/N-ethyl adjacent to an activating group) is 1. The van der Waals surface area contributed by atoms with Gasteiger partial charge in [-0.2, -0.15) is 0 Å². The summed E-state index contributed by atoms with van der Waals surface area (Å²) in [6.07, 6.45) is 0.954. The van der Waals surface area contributed by atoms with Crippen molar-refractivity contribution in [2.75, 3.05) is 39.8 Å². The summed E-state index contributed by atoms with van der Waals surface area (Å²) in [5.41, 5.74) is 5.50. The molecule has 2 N–H and O–H groups in total. The van der Waals surface area contributed by atoms with Gasteiger partial charge in [0.2, 0.25) is 5.91 Å². The van der Waals surface area contributed by atoms with Gasteiger partial charge < -0.3 is 10.6 Å². The van der Waals surface area contributed by atoms with Gasteiger partial charge >= 0.3 is 0 Å². The van der Waals surface area contributed by atoms with Crippen LogP contribution in [0.15, 0.2) is 0 Å². The second kappa shape index (κ2) is 8.53. The Morgan fingerprint density at radius 3 is 2.44 bits per heavy atom. The summed E-state index contributed by atoms with van der Waals surface area (Å²) in [4.78, 5) is 15.7. The maximum atomic E-state index is 11.8. The third-order valence-corrected chi connectivity index (χ3v) is 2.56. The molecule has 0 unspecified atom stereocenters. The summed E-state index contributed by atoms with van der Waals surface area (Å²) in [5.74, 6) is 0.776. The van der Waals surface area contributed by atoms with E-state index in [1.165, 1.54) is 0 Å². The number of nitrogens with two attached hydrogens (primary N) is 1. The predicted octanol–water partition coefficient (Wildman–Crippen LogP) is 0.772. The topological polar surface area (TPSA) is 49.6 Å². The van der Waals surface area contributed by atoms with Crippen molar-refractivity contribution < 1.29 is 4.79 Å². The molecule has 1 amide bonds. The van der Waals surface area contributed by atoms with E-state index in [2.05, 4.69) is 18.7 Å². The van der Waals surface area contributed by atoms with Gasteiger partial charge in [0.05, 0.1) is 6.54 Å². The second-order valence-electron chi connectivity index (χ2n) is 4.68. The van der Waals surface area contributed by atoms with Crippen LogP contribution in [0.5, 0.6) is 0 Å². The maximum absolute atomic E-state index is 11.8. The monoisotopic (exact) mass is 229 g/mol. The van der Waals surface area contributed by atoms with Crippen molar-refractivity contribution in [3.8, 4) is 0 Å². The summed E-state index contributed by atoms with van der Waals surface area (Å²) in [6, 6.07) is 0. The summed E-state index contributed by atoms with van der Waals surface area (Å²) >= 11 is 0. The molecule has 0 aliphatic heterocycles. The lowest BCUT2D eigenvalue weighted by atomic mass is 10.2. The summed E-state index contributed by atoms with van der Waals surface area (Å²) < 4.78 is 0. The molecular weight excluding hydrogens is 202 g/mol. The molecule has 0 aromatic carbocycles. The molecule has 4 heteroatoms. The highest BCUT2D eigenvalue weighted by Gasteiger charge is 2.13. The van der Waals surface area contributed by atoms with Gasteiger partial charge in [0.25, 0.3) is 0 Å². The minimum atomic E-state index is 0.195. The molecule has 0 saturated heterocycles. The Bertz CT molecular complexity index is 195. The molecule has 0 aromatic rings. The molecule has 0 rings (SSSR count).